The SMILES string of the molecule is Cc1nn(-c2ncc(Br)cc2[N+](=O)[O-])cc1Cl. The van der Waals surface area contributed by atoms with Gasteiger partial charge in [0.05, 0.1) is 21.8 Å². The number of hydrogen-bond donors (Lipinski definition) is 0. The van der Waals surface area contributed by atoms with Gasteiger partial charge in [0.25, 0.3) is 0 Å². The Bertz CT molecular complexity index is 579. The minimum Gasteiger partial charge on any atom is -0.258 e. The van der Waals surface area contributed by atoms with Crippen molar-refractivity contribution in [1.29, 1.82) is 0 Å². The molecule has 0 fully saturated rings. The van der Waals surface area contributed by atoms with Crippen LogP contribution in [0.25, 0.3) is 5.82 Å². The average Bonchev–Trinajstić information content (AvgIpc) is 2.59. The molecule has 0 aliphatic carbocycles. The Labute approximate surface area is 110 Å². The third-order valence-electron chi connectivity index (χ3n) is 2.07. The second kappa shape index (κ2) is 4.42. The van der Waals surface area contributed by atoms with E-state index in [9.17, 15) is 10.1 Å². The second-order valence-corrected chi connectivity index (χ2v) is 4.58. The van der Waals surface area contributed by atoms with E-state index in [2.05, 4.69) is 26.0 Å². The first-order valence-electron chi connectivity index (χ1n) is 4.51. The van der Waals surface area contributed by atoms with Crippen LogP contribution in [0.4, 0.5) is 5.69 Å². The van der Waals surface area contributed by atoms with Crippen LogP contribution in [0.1, 0.15) is 5.69 Å². The fourth-order valence-electron chi connectivity index (χ4n) is 1.28. The molecule has 0 unspecified atom stereocenters. The monoisotopic (exact) mass is 316 g/mol. The van der Waals surface area contributed by atoms with Crippen LogP contribution in [0.3, 0.4) is 0 Å². The number of rotatable bonds is 2. The third kappa shape index (κ3) is 2.29. The zero-order chi connectivity index (χ0) is 12.6. The molecule has 2 aromatic rings. The second-order valence-electron chi connectivity index (χ2n) is 3.26. The van der Waals surface area contributed by atoms with Crippen LogP contribution in [-0.2, 0) is 0 Å². The summed E-state index contributed by atoms with van der Waals surface area (Å²) in [6.45, 7) is 1.71. The van der Waals surface area contributed by atoms with Crippen LogP contribution in [0.15, 0.2) is 22.9 Å². The first-order chi connectivity index (χ1) is 7.99. The zero-order valence-corrected chi connectivity index (χ0v) is 10.9. The van der Waals surface area contributed by atoms with E-state index in [0.717, 1.165) is 0 Å². The number of halogens is 2. The van der Waals surface area contributed by atoms with Gasteiger partial charge in [0.2, 0.25) is 5.82 Å². The molecule has 88 valence electrons. The van der Waals surface area contributed by atoms with Crippen LogP contribution in [-0.4, -0.2) is 19.7 Å². The Morgan fingerprint density at radius 2 is 2.29 bits per heavy atom. The fraction of sp³-hybridized carbons (Fsp3) is 0.111. The Hall–Kier alpha value is -1.47. The molecule has 0 spiro atoms. The smallest absolute Gasteiger partial charge is 0.258 e. The van der Waals surface area contributed by atoms with Crippen LogP contribution in [0, 0.1) is 17.0 Å². The number of nitro groups is 1. The summed E-state index contributed by atoms with van der Waals surface area (Å²) >= 11 is 8.99. The van der Waals surface area contributed by atoms with Crippen molar-refractivity contribution >= 4 is 33.2 Å². The van der Waals surface area contributed by atoms with Gasteiger partial charge in [-0.25, -0.2) is 9.67 Å². The highest BCUT2D eigenvalue weighted by Crippen LogP contribution is 2.25. The topological polar surface area (TPSA) is 73.8 Å². The van der Waals surface area contributed by atoms with E-state index in [-0.39, 0.29) is 11.5 Å². The van der Waals surface area contributed by atoms with Crippen molar-refractivity contribution in [1.82, 2.24) is 14.8 Å². The molecule has 17 heavy (non-hydrogen) atoms. The Morgan fingerprint density at radius 3 is 2.82 bits per heavy atom. The molecule has 2 aromatic heterocycles. The summed E-state index contributed by atoms with van der Waals surface area (Å²) in [6, 6.07) is 1.37. The van der Waals surface area contributed by atoms with Gasteiger partial charge < -0.3 is 0 Å². The molecule has 0 radical (unpaired) electrons. The van der Waals surface area contributed by atoms with Gasteiger partial charge in [-0.05, 0) is 22.9 Å². The molecule has 0 saturated heterocycles. The summed E-state index contributed by atoms with van der Waals surface area (Å²) < 4.78 is 1.82. The molecule has 0 aromatic carbocycles. The highest BCUT2D eigenvalue weighted by atomic mass is 79.9. The molecule has 6 nitrogen and oxygen atoms in total. The van der Waals surface area contributed by atoms with Gasteiger partial charge in [-0.2, -0.15) is 5.10 Å². The van der Waals surface area contributed by atoms with Crippen molar-refractivity contribution in [3.63, 3.8) is 0 Å². The van der Waals surface area contributed by atoms with Gasteiger partial charge in [0.15, 0.2) is 0 Å². The summed E-state index contributed by atoms with van der Waals surface area (Å²) in [5.41, 5.74) is 0.448. The molecular formula is C9H6BrClN4O2. The minimum atomic E-state index is -0.516. The van der Waals surface area contributed by atoms with Gasteiger partial charge in [-0.3, -0.25) is 10.1 Å². The predicted molar refractivity (Wildman–Crippen MR) is 65.5 cm³/mol. The van der Waals surface area contributed by atoms with Crippen molar-refractivity contribution in [2.45, 2.75) is 6.92 Å². The number of nitrogens with zero attached hydrogens (tertiary/aromatic N) is 4. The molecule has 0 N–H and O–H groups in total. The minimum absolute atomic E-state index is 0.133. The lowest BCUT2D eigenvalue weighted by Crippen LogP contribution is -2.03. The molecule has 2 heterocycles. The Kier molecular flexibility index (Phi) is 3.12. The number of aromatic nitrogens is 3. The first-order valence-corrected chi connectivity index (χ1v) is 5.68. The molecule has 0 saturated carbocycles. The lowest BCUT2D eigenvalue weighted by Gasteiger charge is -2.01. The average molecular weight is 318 g/mol. The summed E-state index contributed by atoms with van der Waals surface area (Å²) in [4.78, 5) is 14.4. The molecule has 0 aliphatic rings. The van der Waals surface area contributed by atoms with E-state index >= 15 is 0 Å². The lowest BCUT2D eigenvalue weighted by atomic mass is 10.4. The molecule has 2 rings (SSSR count). The van der Waals surface area contributed by atoms with Gasteiger partial charge >= 0.3 is 5.69 Å². The van der Waals surface area contributed by atoms with Crippen LogP contribution in [0.2, 0.25) is 5.02 Å². The van der Waals surface area contributed by atoms with Gasteiger partial charge in [-0.1, -0.05) is 11.6 Å². The summed E-state index contributed by atoms with van der Waals surface area (Å²) in [6.07, 6.45) is 2.95. The van der Waals surface area contributed by atoms with Crippen molar-refractivity contribution in [2.75, 3.05) is 0 Å². The maximum Gasteiger partial charge on any atom is 0.314 e. The number of hydrogen-bond acceptors (Lipinski definition) is 4. The van der Waals surface area contributed by atoms with Gasteiger partial charge in [0.1, 0.15) is 0 Å². The Morgan fingerprint density at radius 1 is 1.59 bits per heavy atom. The van der Waals surface area contributed by atoms with Crippen LogP contribution < -0.4 is 0 Å². The van der Waals surface area contributed by atoms with Crippen molar-refractivity contribution in [3.05, 3.63) is 43.8 Å². The van der Waals surface area contributed by atoms with Crippen LogP contribution in [0.5, 0.6) is 0 Å². The fourth-order valence-corrected chi connectivity index (χ4v) is 1.73. The molecular weight excluding hydrogens is 311 g/mol. The molecule has 0 aliphatic heterocycles. The van der Waals surface area contributed by atoms with Crippen LogP contribution >= 0.6 is 27.5 Å². The van der Waals surface area contributed by atoms with E-state index in [4.69, 9.17) is 11.6 Å². The maximum absolute atomic E-state index is 10.9. The predicted octanol–water partition coefficient (Wildman–Crippen LogP) is 2.90. The van der Waals surface area contributed by atoms with Crippen molar-refractivity contribution in [2.24, 2.45) is 0 Å². The van der Waals surface area contributed by atoms with Gasteiger partial charge in [0, 0.05) is 16.7 Å². The third-order valence-corrected chi connectivity index (χ3v) is 2.87. The zero-order valence-electron chi connectivity index (χ0n) is 8.59. The number of aryl methyl sites for hydroxylation is 1. The van der Waals surface area contributed by atoms with E-state index in [0.29, 0.717) is 15.2 Å². The normalized spacial score (nSPS) is 10.5. The van der Waals surface area contributed by atoms with E-state index in [1.54, 1.807) is 6.92 Å². The molecule has 0 amide bonds. The molecule has 0 atom stereocenters. The molecule has 0 bridgehead atoms. The van der Waals surface area contributed by atoms with Crippen molar-refractivity contribution < 1.29 is 4.92 Å². The standard InChI is InChI=1S/C9H6BrClN4O2/c1-5-7(11)4-14(13-5)9-8(15(16)17)2-6(10)3-12-9/h2-4H,1H3. The van der Waals surface area contributed by atoms with Crippen molar-refractivity contribution in [3.8, 4) is 5.82 Å². The summed E-state index contributed by atoms with van der Waals surface area (Å²) in [5.74, 6) is 0.133. The van der Waals surface area contributed by atoms with Gasteiger partial charge in [-0.15, -0.1) is 0 Å². The Balaban J connectivity index is 2.62. The number of pyridine rings is 1. The van der Waals surface area contributed by atoms with E-state index < -0.39 is 4.92 Å². The molecule has 8 heteroatoms. The first kappa shape index (κ1) is 12.0. The quantitative estimate of drug-likeness (QED) is 0.630. The van der Waals surface area contributed by atoms with E-state index in [1.165, 1.54) is 23.1 Å². The summed E-state index contributed by atoms with van der Waals surface area (Å²) in [5, 5.41) is 15.4. The van der Waals surface area contributed by atoms with E-state index in [1.807, 2.05) is 0 Å². The highest BCUT2D eigenvalue weighted by molar-refractivity contribution is 9.10. The lowest BCUT2D eigenvalue weighted by molar-refractivity contribution is -0.385. The largest absolute Gasteiger partial charge is 0.314 e. The maximum atomic E-state index is 10.9. The summed E-state index contributed by atoms with van der Waals surface area (Å²) in [7, 11) is 0. The highest BCUT2D eigenvalue weighted by Gasteiger charge is 2.19.